The molecule has 1 aliphatic rings. The van der Waals surface area contributed by atoms with Crippen LogP contribution in [0.15, 0.2) is 18.2 Å². The monoisotopic (exact) mass is 295 g/mol. The van der Waals surface area contributed by atoms with Gasteiger partial charge in [-0.15, -0.1) is 0 Å². The van der Waals surface area contributed by atoms with Crippen molar-refractivity contribution in [3.8, 4) is 5.75 Å². The standard InChI is InChI=1S/C16H22FNO3/c1-21-11-4-5-12(13(17)8-11)14(18)9-16(10-15(19)20)6-2-3-7-16/h4-5,8,14H,2-3,6-7,9-10,18H2,1H3,(H,19,20). The van der Waals surface area contributed by atoms with Crippen molar-refractivity contribution in [3.63, 3.8) is 0 Å². The van der Waals surface area contributed by atoms with Gasteiger partial charge in [-0.05, 0) is 30.7 Å². The van der Waals surface area contributed by atoms with E-state index in [1.165, 1.54) is 13.2 Å². The number of aliphatic carboxylic acids is 1. The van der Waals surface area contributed by atoms with E-state index in [9.17, 15) is 9.18 Å². The zero-order valence-electron chi connectivity index (χ0n) is 12.3. The molecule has 1 aromatic carbocycles. The molecule has 0 radical (unpaired) electrons. The van der Waals surface area contributed by atoms with Gasteiger partial charge in [0.2, 0.25) is 0 Å². The number of ether oxygens (including phenoxy) is 1. The lowest BCUT2D eigenvalue weighted by molar-refractivity contribution is -0.139. The van der Waals surface area contributed by atoms with Gasteiger partial charge in [0.25, 0.3) is 0 Å². The number of hydrogen-bond donors (Lipinski definition) is 2. The van der Waals surface area contributed by atoms with E-state index >= 15 is 0 Å². The molecule has 1 atom stereocenters. The van der Waals surface area contributed by atoms with Gasteiger partial charge in [0.15, 0.2) is 0 Å². The minimum Gasteiger partial charge on any atom is -0.497 e. The first kappa shape index (κ1) is 15.8. The van der Waals surface area contributed by atoms with Crippen LogP contribution in [0.2, 0.25) is 0 Å². The highest BCUT2D eigenvalue weighted by molar-refractivity contribution is 5.67. The van der Waals surface area contributed by atoms with Crippen LogP contribution in [0.3, 0.4) is 0 Å². The number of benzene rings is 1. The number of carbonyl (C=O) groups is 1. The molecule has 116 valence electrons. The lowest BCUT2D eigenvalue weighted by Gasteiger charge is -2.30. The summed E-state index contributed by atoms with van der Waals surface area (Å²) in [4.78, 5) is 11.1. The third kappa shape index (κ3) is 3.73. The summed E-state index contributed by atoms with van der Waals surface area (Å²) in [5, 5.41) is 9.11. The van der Waals surface area contributed by atoms with E-state index in [4.69, 9.17) is 15.6 Å². The van der Waals surface area contributed by atoms with Crippen molar-refractivity contribution in [2.45, 2.75) is 44.6 Å². The van der Waals surface area contributed by atoms with E-state index in [0.29, 0.717) is 17.7 Å². The first-order valence-electron chi connectivity index (χ1n) is 7.27. The topological polar surface area (TPSA) is 72.5 Å². The molecule has 1 fully saturated rings. The molecule has 0 saturated heterocycles. The van der Waals surface area contributed by atoms with Crippen LogP contribution < -0.4 is 10.5 Å². The predicted octanol–water partition coefficient (Wildman–Crippen LogP) is 3.26. The van der Waals surface area contributed by atoms with E-state index in [1.807, 2.05) is 0 Å². The lowest BCUT2D eigenvalue weighted by atomic mass is 9.76. The minimum atomic E-state index is -0.806. The first-order valence-corrected chi connectivity index (χ1v) is 7.27. The summed E-state index contributed by atoms with van der Waals surface area (Å²) in [6.45, 7) is 0. The van der Waals surface area contributed by atoms with Crippen LogP contribution in [0, 0.1) is 11.2 Å². The number of methoxy groups -OCH3 is 1. The maximum atomic E-state index is 14.1. The molecule has 0 aliphatic heterocycles. The third-order valence-corrected chi connectivity index (χ3v) is 4.45. The number of halogens is 1. The fourth-order valence-electron chi connectivity index (χ4n) is 3.41. The van der Waals surface area contributed by atoms with E-state index in [-0.39, 0.29) is 11.8 Å². The summed E-state index contributed by atoms with van der Waals surface area (Å²) in [5.74, 6) is -0.755. The summed E-state index contributed by atoms with van der Waals surface area (Å²) in [6.07, 6.45) is 4.35. The summed E-state index contributed by atoms with van der Waals surface area (Å²) in [7, 11) is 1.48. The van der Waals surface area contributed by atoms with Crippen LogP contribution in [-0.4, -0.2) is 18.2 Å². The summed E-state index contributed by atoms with van der Waals surface area (Å²) >= 11 is 0. The van der Waals surface area contributed by atoms with E-state index < -0.39 is 17.8 Å². The Balaban J connectivity index is 2.15. The molecule has 3 N–H and O–H groups in total. The Bertz CT molecular complexity index is 512. The van der Waals surface area contributed by atoms with Gasteiger partial charge in [-0.1, -0.05) is 18.9 Å². The predicted molar refractivity (Wildman–Crippen MR) is 77.7 cm³/mol. The van der Waals surface area contributed by atoms with Crippen molar-refractivity contribution in [2.24, 2.45) is 11.1 Å². The Morgan fingerprint density at radius 2 is 2.14 bits per heavy atom. The Morgan fingerprint density at radius 3 is 2.67 bits per heavy atom. The lowest BCUT2D eigenvalue weighted by Crippen LogP contribution is -2.27. The SMILES string of the molecule is COc1ccc(C(N)CC2(CC(=O)O)CCCC2)c(F)c1. The highest BCUT2D eigenvalue weighted by Crippen LogP contribution is 2.47. The third-order valence-electron chi connectivity index (χ3n) is 4.45. The Hall–Kier alpha value is -1.62. The molecule has 0 heterocycles. The quantitative estimate of drug-likeness (QED) is 0.845. The second-order valence-electron chi connectivity index (χ2n) is 5.98. The number of nitrogens with two attached hydrogens (primary N) is 1. The van der Waals surface area contributed by atoms with Crippen molar-refractivity contribution in [1.82, 2.24) is 0 Å². The smallest absolute Gasteiger partial charge is 0.303 e. The number of rotatable bonds is 6. The second-order valence-corrected chi connectivity index (χ2v) is 5.98. The van der Waals surface area contributed by atoms with Crippen molar-refractivity contribution in [3.05, 3.63) is 29.6 Å². The zero-order chi connectivity index (χ0) is 15.5. The molecule has 1 aliphatic carbocycles. The van der Waals surface area contributed by atoms with Gasteiger partial charge >= 0.3 is 5.97 Å². The molecule has 21 heavy (non-hydrogen) atoms. The Labute approximate surface area is 124 Å². The fourth-order valence-corrected chi connectivity index (χ4v) is 3.41. The van der Waals surface area contributed by atoms with Crippen molar-refractivity contribution < 1.29 is 19.0 Å². The average molecular weight is 295 g/mol. The van der Waals surface area contributed by atoms with Crippen molar-refractivity contribution >= 4 is 5.97 Å². The number of carboxylic acids is 1. The Kier molecular flexibility index (Phi) is 4.83. The van der Waals surface area contributed by atoms with Crippen LogP contribution in [0.25, 0.3) is 0 Å². The molecule has 1 aromatic rings. The maximum Gasteiger partial charge on any atom is 0.303 e. The molecule has 0 spiro atoms. The van der Waals surface area contributed by atoms with Crippen LogP contribution in [0.5, 0.6) is 5.75 Å². The van der Waals surface area contributed by atoms with Crippen molar-refractivity contribution in [2.75, 3.05) is 7.11 Å². The minimum absolute atomic E-state index is 0.110. The molecule has 1 unspecified atom stereocenters. The van der Waals surface area contributed by atoms with E-state index in [0.717, 1.165) is 25.7 Å². The van der Waals surface area contributed by atoms with Gasteiger partial charge in [0.05, 0.1) is 13.5 Å². The van der Waals surface area contributed by atoms with Crippen LogP contribution in [0.4, 0.5) is 4.39 Å². The van der Waals surface area contributed by atoms with Crippen molar-refractivity contribution in [1.29, 1.82) is 0 Å². The summed E-state index contributed by atoms with van der Waals surface area (Å²) in [5.41, 5.74) is 6.28. The fraction of sp³-hybridized carbons (Fsp3) is 0.562. The average Bonchev–Trinajstić information content (AvgIpc) is 2.85. The van der Waals surface area contributed by atoms with E-state index in [2.05, 4.69) is 0 Å². The highest BCUT2D eigenvalue weighted by Gasteiger charge is 2.38. The largest absolute Gasteiger partial charge is 0.497 e. The number of carboxylic acid groups (broad SMARTS) is 1. The normalized spacial score (nSPS) is 18.4. The van der Waals surface area contributed by atoms with Crippen LogP contribution in [0.1, 0.15) is 50.1 Å². The molecule has 0 amide bonds. The molecule has 2 rings (SSSR count). The van der Waals surface area contributed by atoms with Gasteiger partial charge in [-0.3, -0.25) is 4.79 Å². The molecule has 5 heteroatoms. The maximum absolute atomic E-state index is 14.1. The van der Waals surface area contributed by atoms with Gasteiger partial charge in [-0.25, -0.2) is 4.39 Å². The molecular formula is C16H22FNO3. The molecule has 4 nitrogen and oxygen atoms in total. The summed E-state index contributed by atoms with van der Waals surface area (Å²) < 4.78 is 19.0. The second kappa shape index (κ2) is 6.43. The van der Waals surface area contributed by atoms with Gasteiger partial charge < -0.3 is 15.6 Å². The first-order chi connectivity index (χ1) is 9.96. The molecule has 0 bridgehead atoms. The van der Waals surface area contributed by atoms with Gasteiger partial charge in [-0.2, -0.15) is 0 Å². The van der Waals surface area contributed by atoms with Gasteiger partial charge in [0.1, 0.15) is 11.6 Å². The zero-order valence-corrected chi connectivity index (χ0v) is 12.3. The molecule has 1 saturated carbocycles. The van der Waals surface area contributed by atoms with Crippen LogP contribution in [-0.2, 0) is 4.79 Å². The van der Waals surface area contributed by atoms with Crippen LogP contribution >= 0.6 is 0 Å². The molecular weight excluding hydrogens is 273 g/mol. The Morgan fingerprint density at radius 1 is 1.48 bits per heavy atom. The molecule has 0 aromatic heterocycles. The highest BCUT2D eigenvalue weighted by atomic mass is 19.1. The summed E-state index contributed by atoms with van der Waals surface area (Å²) in [6, 6.07) is 4.13. The number of hydrogen-bond acceptors (Lipinski definition) is 3. The van der Waals surface area contributed by atoms with E-state index in [1.54, 1.807) is 12.1 Å². The van der Waals surface area contributed by atoms with Gasteiger partial charge in [0, 0.05) is 17.7 Å².